The van der Waals surface area contributed by atoms with Gasteiger partial charge in [-0.3, -0.25) is 9.59 Å². The van der Waals surface area contributed by atoms with E-state index in [9.17, 15) is 9.59 Å². The van der Waals surface area contributed by atoms with Gasteiger partial charge in [-0.05, 0) is 80.0 Å². The zero-order valence-electron chi connectivity index (χ0n) is 26.7. The van der Waals surface area contributed by atoms with Crippen molar-refractivity contribution in [3.63, 3.8) is 0 Å². The van der Waals surface area contributed by atoms with Gasteiger partial charge in [-0.25, -0.2) is 9.97 Å². The first kappa shape index (κ1) is 28.8. The van der Waals surface area contributed by atoms with E-state index in [-0.39, 0.29) is 23.9 Å². The highest BCUT2D eigenvalue weighted by Crippen LogP contribution is 2.40. The number of aryl methyl sites for hydroxylation is 1. The van der Waals surface area contributed by atoms with E-state index in [0.29, 0.717) is 40.8 Å². The Balaban J connectivity index is 1.22. The van der Waals surface area contributed by atoms with Gasteiger partial charge >= 0.3 is 0 Å². The largest absolute Gasteiger partial charge is 0.494 e. The molecule has 2 amide bonds. The molecule has 3 atom stereocenters. The fourth-order valence-corrected chi connectivity index (χ4v) is 7.55. The van der Waals surface area contributed by atoms with Crippen LogP contribution in [0.4, 0.5) is 0 Å². The van der Waals surface area contributed by atoms with Crippen LogP contribution >= 0.6 is 0 Å². The van der Waals surface area contributed by atoms with Crippen LogP contribution in [0.2, 0.25) is 0 Å². The number of nitrogens with zero attached hydrogens (tertiary/aromatic N) is 6. The van der Waals surface area contributed by atoms with Crippen LogP contribution in [-0.2, 0) is 13.6 Å². The highest BCUT2D eigenvalue weighted by molar-refractivity contribution is 6.00. The predicted octanol–water partition coefficient (Wildman–Crippen LogP) is 4.94. The van der Waals surface area contributed by atoms with Gasteiger partial charge in [0.2, 0.25) is 0 Å². The summed E-state index contributed by atoms with van der Waals surface area (Å²) in [7, 11) is 7.15. The predicted molar refractivity (Wildman–Crippen MR) is 178 cm³/mol. The van der Waals surface area contributed by atoms with Crippen LogP contribution in [0, 0.1) is 11.8 Å². The van der Waals surface area contributed by atoms with Gasteiger partial charge in [0.1, 0.15) is 16.9 Å². The molecular formula is C36H39N7O3. The molecule has 2 aliphatic carbocycles. The van der Waals surface area contributed by atoms with E-state index in [0.717, 1.165) is 58.7 Å². The van der Waals surface area contributed by atoms with Gasteiger partial charge in [-0.2, -0.15) is 0 Å². The lowest BCUT2D eigenvalue weighted by Gasteiger charge is -2.27. The summed E-state index contributed by atoms with van der Waals surface area (Å²) in [6, 6.07) is 17.8. The average Bonchev–Trinajstić information content (AvgIpc) is 3.47. The number of piperidine rings is 1. The first-order valence-corrected chi connectivity index (χ1v) is 16.2. The minimum atomic E-state index is -0.0410. The van der Waals surface area contributed by atoms with Gasteiger partial charge in [0.05, 0.1) is 24.0 Å². The number of methoxy groups -OCH3 is 1. The van der Waals surface area contributed by atoms with Crippen LogP contribution in [0.1, 0.15) is 46.4 Å². The number of carbonyl (C=O) groups excluding carboxylic acids is 2. The van der Waals surface area contributed by atoms with Crippen LogP contribution in [0.5, 0.6) is 5.75 Å². The van der Waals surface area contributed by atoms with Crippen molar-refractivity contribution in [2.75, 3.05) is 27.7 Å². The lowest BCUT2D eigenvalue weighted by molar-refractivity contribution is 0.0700. The Bertz CT molecular complexity index is 2040. The Morgan fingerprint density at radius 3 is 2.52 bits per heavy atom. The molecule has 3 fully saturated rings. The van der Waals surface area contributed by atoms with Gasteiger partial charge in [0, 0.05) is 68.4 Å². The minimum absolute atomic E-state index is 0.00835. The molecule has 1 saturated heterocycles. The van der Waals surface area contributed by atoms with Crippen molar-refractivity contribution in [3.05, 3.63) is 65.7 Å². The number of hydrogen-bond donors (Lipinski definition) is 1. The lowest BCUT2D eigenvalue weighted by Crippen LogP contribution is -2.41. The monoisotopic (exact) mass is 617 g/mol. The Hall–Kier alpha value is -4.70. The molecule has 2 unspecified atom stereocenters. The molecule has 3 aromatic heterocycles. The maximum Gasteiger partial charge on any atom is 0.254 e. The summed E-state index contributed by atoms with van der Waals surface area (Å²) in [4.78, 5) is 40.2. The highest BCUT2D eigenvalue weighted by atomic mass is 16.5. The number of pyridine rings is 1. The molecular weight excluding hydrogens is 578 g/mol. The quantitative estimate of drug-likeness (QED) is 0.277. The summed E-state index contributed by atoms with van der Waals surface area (Å²) in [5.74, 6) is 2.34. The molecule has 0 spiro atoms. The number of likely N-dealkylation sites (tertiary alicyclic amines) is 1. The fourth-order valence-electron chi connectivity index (χ4n) is 7.55. The van der Waals surface area contributed by atoms with E-state index in [1.165, 1.54) is 12.8 Å². The lowest BCUT2D eigenvalue weighted by atomic mass is 10.1. The zero-order valence-corrected chi connectivity index (χ0v) is 26.7. The third-order valence-electron chi connectivity index (χ3n) is 10.2. The second kappa shape index (κ2) is 10.7. The molecule has 5 aromatic rings. The third kappa shape index (κ3) is 4.57. The second-order valence-corrected chi connectivity index (χ2v) is 13.5. The van der Waals surface area contributed by atoms with Crippen LogP contribution in [-0.4, -0.2) is 80.5 Å². The minimum Gasteiger partial charge on any atom is -0.494 e. The summed E-state index contributed by atoms with van der Waals surface area (Å²) in [6.07, 6.45) is 4.44. The molecule has 1 aliphatic heterocycles. The average molecular weight is 618 g/mol. The highest BCUT2D eigenvalue weighted by Gasteiger charge is 2.47. The second-order valence-electron chi connectivity index (χ2n) is 13.5. The van der Waals surface area contributed by atoms with E-state index in [2.05, 4.69) is 21.3 Å². The van der Waals surface area contributed by atoms with E-state index in [1.54, 1.807) is 26.1 Å². The van der Waals surface area contributed by atoms with Crippen LogP contribution < -0.4 is 10.5 Å². The number of imidazole rings is 1. The number of ether oxygens (including phenoxy) is 1. The van der Waals surface area contributed by atoms with Crippen molar-refractivity contribution in [1.29, 1.82) is 0 Å². The summed E-state index contributed by atoms with van der Waals surface area (Å²) in [5, 5.41) is 1.02. The molecule has 2 saturated carbocycles. The molecule has 46 heavy (non-hydrogen) atoms. The van der Waals surface area contributed by atoms with Crippen molar-refractivity contribution in [3.8, 4) is 28.5 Å². The van der Waals surface area contributed by atoms with Crippen LogP contribution in [0.15, 0.2) is 54.6 Å². The molecule has 2 N–H and O–H groups in total. The molecule has 2 aromatic carbocycles. The Morgan fingerprint density at radius 1 is 1.00 bits per heavy atom. The topological polar surface area (TPSA) is 112 Å². The molecule has 2 bridgehead atoms. The molecule has 10 nitrogen and oxygen atoms in total. The normalized spacial score (nSPS) is 20.6. The van der Waals surface area contributed by atoms with Crippen molar-refractivity contribution in [1.82, 2.24) is 28.9 Å². The number of benzene rings is 2. The molecule has 236 valence electrons. The summed E-state index contributed by atoms with van der Waals surface area (Å²) >= 11 is 0. The Morgan fingerprint density at radius 2 is 1.83 bits per heavy atom. The first-order valence-electron chi connectivity index (χ1n) is 16.2. The standard InChI is InChI=1S/C36H39N7O3/c1-40(2)35(44)23-7-5-6-21(14-23)26-12-10-22-16-29(42(33(22)38-26)18-20-8-9-20)34-39-27-15-25(17-30(46-4)32(27)41(34)3)36(45)43-19-24-11-13-28(43)31(24)37/h5-7,10,12,14-17,20,24,28,31H,8-9,11,13,18-19,37H2,1-4H3/t24?,28?,31-/m1/s1. The van der Waals surface area contributed by atoms with E-state index in [4.69, 9.17) is 20.4 Å². The fraction of sp³-hybridized carbons (Fsp3) is 0.389. The SMILES string of the molecule is COc1cc(C(=O)N2CC3CCC2[C@@H]3N)cc2nc(-c3cc4ccc(-c5cccc(C(=O)N(C)C)c5)nc4n3CC3CC3)n(C)c12. The van der Waals surface area contributed by atoms with Crippen LogP contribution in [0.25, 0.3) is 44.8 Å². The van der Waals surface area contributed by atoms with Crippen molar-refractivity contribution in [2.24, 2.45) is 24.6 Å². The van der Waals surface area contributed by atoms with Gasteiger partial charge in [0.15, 0.2) is 5.82 Å². The number of carbonyl (C=O) groups is 2. The molecule has 4 heterocycles. The number of aromatic nitrogens is 4. The van der Waals surface area contributed by atoms with E-state index in [1.807, 2.05) is 54.4 Å². The Labute approximate surface area is 267 Å². The smallest absolute Gasteiger partial charge is 0.254 e. The van der Waals surface area contributed by atoms with Crippen molar-refractivity contribution >= 4 is 33.9 Å². The first-order chi connectivity index (χ1) is 22.2. The number of hydrogen-bond acceptors (Lipinski definition) is 6. The van der Waals surface area contributed by atoms with Gasteiger partial charge in [0.25, 0.3) is 11.8 Å². The Kier molecular flexibility index (Phi) is 6.68. The number of nitrogens with two attached hydrogens (primary N) is 1. The maximum atomic E-state index is 13.7. The van der Waals surface area contributed by atoms with Crippen molar-refractivity contribution in [2.45, 2.75) is 44.3 Å². The maximum absolute atomic E-state index is 13.7. The van der Waals surface area contributed by atoms with Crippen molar-refractivity contribution < 1.29 is 14.3 Å². The summed E-state index contributed by atoms with van der Waals surface area (Å²) in [6.45, 7) is 1.56. The molecule has 10 heteroatoms. The molecule has 8 rings (SSSR count). The number of rotatable bonds is 7. The summed E-state index contributed by atoms with van der Waals surface area (Å²) in [5.41, 5.74) is 12.8. The van der Waals surface area contributed by atoms with Gasteiger partial charge in [-0.1, -0.05) is 12.1 Å². The van der Waals surface area contributed by atoms with Gasteiger partial charge in [-0.15, -0.1) is 0 Å². The van der Waals surface area contributed by atoms with E-state index < -0.39 is 0 Å². The molecule has 0 radical (unpaired) electrons. The molecule has 3 aliphatic rings. The summed E-state index contributed by atoms with van der Waals surface area (Å²) < 4.78 is 10.2. The van der Waals surface area contributed by atoms with Gasteiger partial charge < -0.3 is 29.4 Å². The van der Waals surface area contributed by atoms with Crippen LogP contribution in [0.3, 0.4) is 0 Å². The third-order valence-corrected chi connectivity index (χ3v) is 10.2. The van der Waals surface area contributed by atoms with E-state index >= 15 is 0 Å². The number of fused-ring (bicyclic) bond motifs is 4. The zero-order chi connectivity index (χ0) is 31.9. The number of amides is 2.